The highest BCUT2D eigenvalue weighted by Crippen LogP contribution is 2.21. The van der Waals surface area contributed by atoms with Crippen molar-refractivity contribution in [3.05, 3.63) is 60.2 Å². The van der Waals surface area contributed by atoms with Crippen molar-refractivity contribution in [3.63, 3.8) is 0 Å². The molecule has 2 rings (SSSR count). The quantitative estimate of drug-likeness (QED) is 0.549. The number of hydrogen-bond donors (Lipinski definition) is 0. The molecule has 0 aromatic heterocycles. The lowest BCUT2D eigenvalue weighted by Gasteiger charge is -2.21. The summed E-state index contributed by atoms with van der Waals surface area (Å²) >= 11 is 0. The predicted octanol–water partition coefficient (Wildman–Crippen LogP) is 3.64. The summed E-state index contributed by atoms with van der Waals surface area (Å²) < 4.78 is 5.11. The van der Waals surface area contributed by atoms with Crippen LogP contribution in [-0.2, 0) is 9.63 Å². The molecular weight excluding hydrogens is 306 g/mol. The molecule has 0 bridgehead atoms. The van der Waals surface area contributed by atoms with Gasteiger partial charge in [-0.2, -0.15) is 5.06 Å². The number of hydroxylamine groups is 1. The molecule has 0 radical (unpaired) electrons. The third-order valence-corrected chi connectivity index (χ3v) is 3.42. The van der Waals surface area contributed by atoms with Crippen LogP contribution in [0.4, 0.5) is 5.69 Å². The van der Waals surface area contributed by atoms with Crippen LogP contribution in [0.2, 0.25) is 0 Å². The highest BCUT2D eigenvalue weighted by Gasteiger charge is 2.18. The molecule has 0 N–H and O–H groups in total. The van der Waals surface area contributed by atoms with Crippen LogP contribution in [0.15, 0.2) is 54.6 Å². The first-order valence-electron chi connectivity index (χ1n) is 7.84. The molecule has 0 aliphatic carbocycles. The highest BCUT2D eigenvalue weighted by atomic mass is 16.7. The summed E-state index contributed by atoms with van der Waals surface area (Å²) in [5.74, 6) is 0.309. The maximum Gasteiger partial charge on any atom is 0.250 e. The first kappa shape index (κ1) is 17.7. The summed E-state index contributed by atoms with van der Waals surface area (Å²) in [7, 11) is 1.57. The molecule has 0 heterocycles. The number of methoxy groups -OCH3 is 1. The first-order valence-corrected chi connectivity index (χ1v) is 7.84. The molecule has 2 aromatic rings. The summed E-state index contributed by atoms with van der Waals surface area (Å²) in [5, 5.41) is 1.18. The van der Waals surface area contributed by atoms with E-state index in [-0.39, 0.29) is 18.3 Å². The molecule has 0 spiro atoms. The van der Waals surface area contributed by atoms with Crippen LogP contribution < -0.4 is 9.80 Å². The Labute approximate surface area is 141 Å². The van der Waals surface area contributed by atoms with Gasteiger partial charge < -0.3 is 4.74 Å². The molecule has 5 heteroatoms. The number of benzene rings is 2. The Morgan fingerprint density at radius 1 is 1.00 bits per heavy atom. The van der Waals surface area contributed by atoms with Gasteiger partial charge in [-0.05, 0) is 30.7 Å². The van der Waals surface area contributed by atoms with E-state index in [0.717, 1.165) is 0 Å². The predicted molar refractivity (Wildman–Crippen MR) is 92.1 cm³/mol. The van der Waals surface area contributed by atoms with E-state index in [2.05, 4.69) is 0 Å². The van der Waals surface area contributed by atoms with Crippen LogP contribution in [-0.4, -0.2) is 25.4 Å². The Morgan fingerprint density at radius 3 is 2.25 bits per heavy atom. The smallest absolute Gasteiger partial charge is 0.250 e. The summed E-state index contributed by atoms with van der Waals surface area (Å²) in [5.41, 5.74) is 1.12. The van der Waals surface area contributed by atoms with Crippen molar-refractivity contribution in [1.29, 1.82) is 0 Å². The summed E-state index contributed by atoms with van der Waals surface area (Å²) in [6, 6.07) is 15.8. The Bertz CT molecular complexity index is 668. The zero-order valence-electron chi connectivity index (χ0n) is 13.9. The summed E-state index contributed by atoms with van der Waals surface area (Å²) in [6.07, 6.45) is 1.03. The van der Waals surface area contributed by atoms with Crippen LogP contribution in [0.1, 0.15) is 30.1 Å². The van der Waals surface area contributed by atoms with Gasteiger partial charge in [0.2, 0.25) is 0 Å². The number of hydrogen-bond acceptors (Lipinski definition) is 4. The van der Waals surface area contributed by atoms with Crippen molar-refractivity contribution >= 4 is 17.4 Å². The second-order valence-corrected chi connectivity index (χ2v) is 5.20. The normalized spacial score (nSPS) is 10.2. The maximum absolute atomic E-state index is 12.3. The van der Waals surface area contributed by atoms with Gasteiger partial charge in [-0.3, -0.25) is 14.4 Å². The van der Waals surface area contributed by atoms with Crippen LogP contribution in [0, 0.1) is 0 Å². The van der Waals surface area contributed by atoms with Gasteiger partial charge in [0.25, 0.3) is 5.91 Å². The number of ether oxygens (including phenoxy) is 1. The Kier molecular flexibility index (Phi) is 6.51. The number of nitrogens with zero attached hydrogens (tertiary/aromatic N) is 1. The van der Waals surface area contributed by atoms with Gasteiger partial charge in [0.05, 0.1) is 12.8 Å². The third kappa shape index (κ3) is 4.67. The second-order valence-electron chi connectivity index (χ2n) is 5.20. The van der Waals surface area contributed by atoms with Gasteiger partial charge in [0, 0.05) is 12.0 Å². The van der Waals surface area contributed by atoms with Gasteiger partial charge >= 0.3 is 0 Å². The Hall–Kier alpha value is -2.66. The van der Waals surface area contributed by atoms with E-state index in [0.29, 0.717) is 29.8 Å². The molecule has 0 saturated carbocycles. The Morgan fingerprint density at radius 2 is 1.67 bits per heavy atom. The van der Waals surface area contributed by atoms with Gasteiger partial charge in [-0.15, -0.1) is 0 Å². The van der Waals surface area contributed by atoms with E-state index in [1.165, 1.54) is 5.06 Å². The number of Topliss-reactive ketones (excluding diaryl/α,β-unsaturated/α-hetero) is 1. The Balaban J connectivity index is 2.11. The fourth-order valence-corrected chi connectivity index (χ4v) is 2.15. The molecule has 0 atom stereocenters. The fraction of sp³-hybridized carbons (Fsp3) is 0.263. The minimum absolute atomic E-state index is 0.182. The molecule has 0 aliphatic heterocycles. The van der Waals surface area contributed by atoms with E-state index in [1.807, 2.05) is 13.0 Å². The number of carbonyl (C=O) groups is 2. The van der Waals surface area contributed by atoms with Crippen LogP contribution in [0.5, 0.6) is 5.75 Å². The fourth-order valence-electron chi connectivity index (χ4n) is 2.15. The third-order valence-electron chi connectivity index (χ3n) is 3.42. The van der Waals surface area contributed by atoms with Crippen molar-refractivity contribution in [1.82, 2.24) is 0 Å². The van der Waals surface area contributed by atoms with Gasteiger partial charge in [0.1, 0.15) is 12.4 Å². The minimum atomic E-state index is -0.203. The van der Waals surface area contributed by atoms with Crippen molar-refractivity contribution in [3.8, 4) is 5.75 Å². The van der Waals surface area contributed by atoms with Crippen molar-refractivity contribution in [2.24, 2.45) is 0 Å². The minimum Gasteiger partial charge on any atom is -0.497 e. The first-order chi connectivity index (χ1) is 11.7. The van der Waals surface area contributed by atoms with E-state index in [4.69, 9.17) is 9.57 Å². The van der Waals surface area contributed by atoms with E-state index in [1.54, 1.807) is 55.6 Å². The molecule has 2 aromatic carbocycles. The molecule has 0 aliphatic rings. The van der Waals surface area contributed by atoms with Gasteiger partial charge in [0.15, 0.2) is 5.78 Å². The molecular formula is C19H21NO4. The molecule has 24 heavy (non-hydrogen) atoms. The van der Waals surface area contributed by atoms with Gasteiger partial charge in [-0.25, -0.2) is 0 Å². The topological polar surface area (TPSA) is 55.8 Å². The molecule has 5 nitrogen and oxygen atoms in total. The monoisotopic (exact) mass is 327 g/mol. The maximum atomic E-state index is 12.3. The van der Waals surface area contributed by atoms with Crippen molar-refractivity contribution in [2.75, 3.05) is 18.8 Å². The average molecular weight is 327 g/mol. The number of carbonyl (C=O) groups excluding carboxylic acids is 2. The molecule has 0 unspecified atom stereocenters. The molecule has 0 saturated heterocycles. The number of rotatable bonds is 8. The largest absolute Gasteiger partial charge is 0.497 e. The van der Waals surface area contributed by atoms with Crippen LogP contribution in [0.3, 0.4) is 0 Å². The summed E-state index contributed by atoms with van der Waals surface area (Å²) in [6.45, 7) is 1.71. The van der Waals surface area contributed by atoms with Gasteiger partial charge in [-0.1, -0.05) is 37.3 Å². The van der Waals surface area contributed by atoms with Crippen molar-refractivity contribution in [2.45, 2.75) is 19.8 Å². The number of anilines is 1. The van der Waals surface area contributed by atoms with Crippen LogP contribution in [0.25, 0.3) is 0 Å². The lowest BCUT2D eigenvalue weighted by molar-refractivity contribution is -0.125. The number of ketones is 1. The van der Waals surface area contributed by atoms with E-state index >= 15 is 0 Å². The van der Waals surface area contributed by atoms with E-state index < -0.39 is 0 Å². The van der Waals surface area contributed by atoms with Crippen molar-refractivity contribution < 1.29 is 19.2 Å². The second kappa shape index (κ2) is 8.84. The lowest BCUT2D eigenvalue weighted by Crippen LogP contribution is -2.33. The van der Waals surface area contributed by atoms with Crippen LogP contribution >= 0.6 is 0 Å². The van der Waals surface area contributed by atoms with E-state index in [9.17, 15) is 9.59 Å². The number of amides is 1. The molecule has 1 amide bonds. The lowest BCUT2D eigenvalue weighted by atomic mass is 10.1. The average Bonchev–Trinajstić information content (AvgIpc) is 2.63. The molecule has 126 valence electrons. The highest BCUT2D eigenvalue weighted by molar-refractivity contribution is 5.97. The molecule has 0 fully saturated rings. The zero-order chi connectivity index (χ0) is 17.4. The zero-order valence-corrected chi connectivity index (χ0v) is 13.9. The standard InChI is InChI=1S/C19H21NO4/c1-3-7-19(22)20(16-10-12-17(23-2)13-11-16)24-14-18(21)15-8-5-4-6-9-15/h4-6,8-13H,3,7,14H2,1-2H3. The SMILES string of the molecule is CCCC(=O)N(OCC(=O)c1ccccc1)c1ccc(OC)cc1. The summed E-state index contributed by atoms with van der Waals surface area (Å²) in [4.78, 5) is 30.0.